The Bertz CT molecular complexity index is 1340. The maximum Gasteiger partial charge on any atom is 0.536 e. The fourth-order valence-corrected chi connectivity index (χ4v) is 4.02. The lowest BCUT2D eigenvalue weighted by atomic mass is 9.98. The topological polar surface area (TPSA) is 55.7 Å². The van der Waals surface area contributed by atoms with Crippen LogP contribution in [0.3, 0.4) is 0 Å². The summed E-state index contributed by atoms with van der Waals surface area (Å²) in [4.78, 5) is 0. The molecule has 3 rings (SSSR count). The van der Waals surface area contributed by atoms with Gasteiger partial charge in [-0.25, -0.2) is 0 Å². The molecule has 2 aromatic carbocycles. The number of nitrogens with zero attached hydrogens (tertiary/aromatic N) is 1. The first kappa shape index (κ1) is 25.0. The van der Waals surface area contributed by atoms with E-state index in [-0.39, 0.29) is 4.70 Å². The molecule has 0 aliphatic carbocycles. The predicted octanol–water partition coefficient (Wildman–Crippen LogP) is 6.46. The lowest BCUT2D eigenvalue weighted by molar-refractivity contribution is -0.336. The number of fused-ring (bicyclic) bond motifs is 3. The van der Waals surface area contributed by atoms with Gasteiger partial charge >= 0.3 is 33.6 Å². The molecule has 0 radical (unpaired) electrons. The standard InChI is InChI=1S/C17H7F10NO3S2/c18-14(19,15(20,21)16(22,23)24)13(28-31-33(29,30)17(25,26)27)8-5-6-10-9-3-1-2-4-11(9)32-12(10)7-8/h1-7H. The second-order valence-electron chi connectivity index (χ2n) is 6.37. The highest BCUT2D eigenvalue weighted by atomic mass is 32.2. The van der Waals surface area contributed by atoms with Crippen LogP contribution in [-0.4, -0.2) is 37.7 Å². The largest absolute Gasteiger partial charge is 0.536 e. The lowest BCUT2D eigenvalue weighted by Crippen LogP contribution is -2.56. The van der Waals surface area contributed by atoms with Gasteiger partial charge in [-0.15, -0.1) is 11.3 Å². The maximum atomic E-state index is 14.4. The molecule has 33 heavy (non-hydrogen) atoms. The van der Waals surface area contributed by atoms with Gasteiger partial charge < -0.3 is 0 Å². The Morgan fingerprint density at radius 2 is 1.39 bits per heavy atom. The van der Waals surface area contributed by atoms with E-state index in [0.717, 1.165) is 17.4 Å². The first-order chi connectivity index (χ1) is 14.9. The second-order valence-corrected chi connectivity index (χ2v) is 8.97. The fraction of sp³-hybridized carbons (Fsp3) is 0.235. The molecule has 3 aromatic rings. The molecule has 180 valence electrons. The highest BCUT2D eigenvalue weighted by Crippen LogP contribution is 2.48. The van der Waals surface area contributed by atoms with E-state index in [0.29, 0.717) is 27.6 Å². The predicted molar refractivity (Wildman–Crippen MR) is 97.9 cm³/mol. The van der Waals surface area contributed by atoms with Crippen LogP contribution in [0.5, 0.6) is 0 Å². The first-order valence-corrected chi connectivity index (χ1v) is 10.4. The monoisotopic (exact) mass is 527 g/mol. The van der Waals surface area contributed by atoms with E-state index in [1.165, 1.54) is 0 Å². The second kappa shape index (κ2) is 7.72. The minimum atomic E-state index is -6.87. The molecule has 0 spiro atoms. The van der Waals surface area contributed by atoms with Crippen LogP contribution in [0.4, 0.5) is 43.9 Å². The Kier molecular flexibility index (Phi) is 5.85. The Balaban J connectivity index is 2.24. The van der Waals surface area contributed by atoms with Crippen molar-refractivity contribution in [2.45, 2.75) is 23.5 Å². The Hall–Kier alpha value is -2.62. The first-order valence-electron chi connectivity index (χ1n) is 8.22. The van der Waals surface area contributed by atoms with E-state index >= 15 is 0 Å². The van der Waals surface area contributed by atoms with E-state index < -0.39 is 44.9 Å². The van der Waals surface area contributed by atoms with Gasteiger partial charge in [0, 0.05) is 25.7 Å². The van der Waals surface area contributed by atoms with Gasteiger partial charge in [0.25, 0.3) is 0 Å². The maximum absolute atomic E-state index is 14.4. The molecule has 0 saturated heterocycles. The van der Waals surface area contributed by atoms with Crippen LogP contribution in [0.1, 0.15) is 5.56 Å². The number of oxime groups is 1. The summed E-state index contributed by atoms with van der Waals surface area (Å²) in [5.74, 6) is -13.2. The molecule has 4 nitrogen and oxygen atoms in total. The number of alkyl halides is 10. The van der Waals surface area contributed by atoms with Crippen LogP contribution in [0.25, 0.3) is 20.2 Å². The minimum absolute atomic E-state index is 0.0613. The Morgan fingerprint density at radius 1 is 0.818 bits per heavy atom. The SMILES string of the molecule is O=S(=O)(ON=C(c1ccc2c(c1)sc1ccccc12)C(F)(F)C(F)(F)C(F)(F)F)C(F)(F)F. The van der Waals surface area contributed by atoms with Crippen molar-refractivity contribution < 1.29 is 56.6 Å². The third kappa shape index (κ3) is 4.20. The van der Waals surface area contributed by atoms with E-state index in [4.69, 9.17) is 0 Å². The summed E-state index contributed by atoms with van der Waals surface area (Å²) in [6, 6.07) is 8.63. The number of hydrogen-bond donors (Lipinski definition) is 0. The van der Waals surface area contributed by atoms with Gasteiger partial charge in [-0.1, -0.05) is 35.5 Å². The fourth-order valence-electron chi connectivity index (χ4n) is 2.62. The van der Waals surface area contributed by atoms with Crippen LogP contribution in [0.15, 0.2) is 47.6 Å². The average molecular weight is 527 g/mol. The molecule has 0 bridgehead atoms. The smallest absolute Gasteiger partial charge is 0.261 e. The summed E-state index contributed by atoms with van der Waals surface area (Å²) < 4.78 is 157. The Labute approximate surface area is 181 Å². The van der Waals surface area contributed by atoms with Crippen molar-refractivity contribution in [3.63, 3.8) is 0 Å². The molecule has 0 atom stereocenters. The van der Waals surface area contributed by atoms with E-state index in [1.54, 1.807) is 24.3 Å². The molecule has 1 heterocycles. The molecule has 0 aliphatic heterocycles. The van der Waals surface area contributed by atoms with E-state index in [9.17, 15) is 52.3 Å². The summed E-state index contributed by atoms with van der Waals surface area (Å²) in [6.07, 6.45) is -6.87. The zero-order chi connectivity index (χ0) is 25.0. The van der Waals surface area contributed by atoms with Crippen LogP contribution >= 0.6 is 11.3 Å². The number of rotatable bonds is 5. The molecule has 0 unspecified atom stereocenters. The van der Waals surface area contributed by atoms with Gasteiger partial charge in [0.15, 0.2) is 5.71 Å². The van der Waals surface area contributed by atoms with E-state index in [1.807, 2.05) is 5.16 Å². The van der Waals surface area contributed by atoms with Crippen molar-refractivity contribution in [2.75, 3.05) is 0 Å². The number of hydrogen-bond acceptors (Lipinski definition) is 5. The average Bonchev–Trinajstić information content (AvgIpc) is 3.03. The quantitative estimate of drug-likeness (QED) is 0.166. The molecular weight excluding hydrogens is 520 g/mol. The van der Waals surface area contributed by atoms with Crippen molar-refractivity contribution in [3.05, 3.63) is 48.0 Å². The van der Waals surface area contributed by atoms with Crippen molar-refractivity contribution in [3.8, 4) is 0 Å². The van der Waals surface area contributed by atoms with Crippen molar-refractivity contribution in [1.29, 1.82) is 0 Å². The Morgan fingerprint density at radius 3 is 1.97 bits per heavy atom. The van der Waals surface area contributed by atoms with Crippen molar-refractivity contribution >= 4 is 47.3 Å². The molecule has 0 amide bonds. The molecule has 0 N–H and O–H groups in total. The van der Waals surface area contributed by atoms with Crippen LogP contribution in [-0.2, 0) is 14.4 Å². The van der Waals surface area contributed by atoms with Crippen molar-refractivity contribution in [2.24, 2.45) is 5.16 Å². The van der Waals surface area contributed by atoms with Gasteiger partial charge in [0.05, 0.1) is 0 Å². The van der Waals surface area contributed by atoms with Gasteiger partial charge in [0.1, 0.15) is 0 Å². The van der Waals surface area contributed by atoms with Crippen LogP contribution in [0.2, 0.25) is 0 Å². The third-order valence-corrected chi connectivity index (χ3v) is 6.18. The molecular formula is C17H7F10NO3S2. The van der Waals surface area contributed by atoms with Crippen LogP contribution < -0.4 is 0 Å². The number of thiophene rings is 1. The van der Waals surface area contributed by atoms with Crippen LogP contribution in [0, 0.1) is 0 Å². The summed E-state index contributed by atoms with van der Waals surface area (Å²) in [7, 11) is -6.75. The number of benzene rings is 2. The molecule has 1 aromatic heterocycles. The summed E-state index contributed by atoms with van der Waals surface area (Å²) in [5, 5.41) is 2.84. The number of halogens is 10. The van der Waals surface area contributed by atoms with E-state index in [2.05, 4.69) is 4.28 Å². The summed E-state index contributed by atoms with van der Waals surface area (Å²) in [6.45, 7) is 0. The van der Waals surface area contributed by atoms with Gasteiger partial charge in [0.2, 0.25) is 0 Å². The molecule has 0 saturated carbocycles. The molecule has 16 heteroatoms. The van der Waals surface area contributed by atoms with Gasteiger partial charge in [-0.2, -0.15) is 52.3 Å². The highest BCUT2D eigenvalue weighted by Gasteiger charge is 2.75. The lowest BCUT2D eigenvalue weighted by Gasteiger charge is -2.28. The van der Waals surface area contributed by atoms with Crippen molar-refractivity contribution in [1.82, 2.24) is 0 Å². The zero-order valence-electron chi connectivity index (χ0n) is 15.3. The minimum Gasteiger partial charge on any atom is -0.261 e. The molecule has 0 aliphatic rings. The zero-order valence-corrected chi connectivity index (χ0v) is 16.9. The van der Waals surface area contributed by atoms with Gasteiger partial charge in [-0.3, -0.25) is 4.28 Å². The third-order valence-electron chi connectivity index (χ3n) is 4.21. The highest BCUT2D eigenvalue weighted by molar-refractivity contribution is 7.87. The summed E-state index contributed by atoms with van der Waals surface area (Å²) in [5.41, 5.74) is -10.1. The summed E-state index contributed by atoms with van der Waals surface area (Å²) >= 11 is 0.896. The van der Waals surface area contributed by atoms with Gasteiger partial charge in [-0.05, 0) is 12.1 Å². The normalized spacial score (nSPS) is 14.8. The molecule has 0 fully saturated rings.